The van der Waals surface area contributed by atoms with Crippen LogP contribution in [0.4, 0.5) is 0 Å². The van der Waals surface area contributed by atoms with Gasteiger partial charge in [-0.2, -0.15) is 0 Å². The molecular weight excluding hydrogens is 400 g/mol. The minimum atomic E-state index is -4.43. The summed E-state index contributed by atoms with van der Waals surface area (Å²) in [7, 11) is -3.02. The molecule has 0 bridgehead atoms. The largest absolute Gasteiger partial charge is 0.497 e. The molecule has 2 N–H and O–H groups in total. The number of nitrogens with one attached hydrogen (secondary N) is 1. The average Bonchev–Trinajstić information content (AvgIpc) is 2.97. The van der Waals surface area contributed by atoms with E-state index < -0.39 is 39.2 Å². The van der Waals surface area contributed by atoms with Crippen LogP contribution < -0.4 is 10.1 Å². The van der Waals surface area contributed by atoms with Gasteiger partial charge in [-0.15, -0.1) is 0 Å². The molecule has 2 aromatic carbocycles. The predicted octanol–water partition coefficient (Wildman–Crippen LogP) is 1.11. The molecule has 2 aromatic rings. The lowest BCUT2D eigenvalue weighted by molar-refractivity contribution is -0.136. The zero-order valence-electron chi connectivity index (χ0n) is 15.6. The average molecular weight is 418 g/mol. The Bertz CT molecular complexity index is 1060. The van der Waals surface area contributed by atoms with Gasteiger partial charge >= 0.3 is 5.97 Å². The van der Waals surface area contributed by atoms with Gasteiger partial charge in [-0.1, -0.05) is 12.1 Å². The molecule has 9 nitrogen and oxygen atoms in total. The maximum atomic E-state index is 13.5. The third-order valence-corrected chi connectivity index (χ3v) is 6.95. The van der Waals surface area contributed by atoms with Gasteiger partial charge in [0, 0.05) is 0 Å². The van der Waals surface area contributed by atoms with Crippen molar-refractivity contribution < 1.29 is 32.6 Å². The van der Waals surface area contributed by atoms with E-state index in [0.717, 1.165) is 6.92 Å². The topological polar surface area (TPSA) is 130 Å². The number of amides is 2. The van der Waals surface area contributed by atoms with Crippen LogP contribution in [-0.4, -0.2) is 54.9 Å². The van der Waals surface area contributed by atoms with Crippen molar-refractivity contribution in [1.29, 1.82) is 0 Å². The normalized spacial score (nSPS) is 15.7. The molecule has 1 atom stereocenters. The summed E-state index contributed by atoms with van der Waals surface area (Å²) < 4.78 is 31.9. The van der Waals surface area contributed by atoms with E-state index in [9.17, 15) is 22.8 Å². The molecule has 29 heavy (non-hydrogen) atoms. The first kappa shape index (κ1) is 20.5. The Morgan fingerprint density at radius 1 is 1.07 bits per heavy atom. The van der Waals surface area contributed by atoms with E-state index in [-0.39, 0.29) is 16.0 Å². The van der Waals surface area contributed by atoms with E-state index in [0.29, 0.717) is 10.6 Å². The van der Waals surface area contributed by atoms with Gasteiger partial charge in [-0.25, -0.2) is 13.3 Å². The van der Waals surface area contributed by atoms with Crippen molar-refractivity contribution >= 4 is 27.6 Å². The van der Waals surface area contributed by atoms with Crippen molar-refractivity contribution in [1.82, 2.24) is 10.2 Å². The standard InChI is InChI=1S/C19H18N2O7S/c1-19(20-11-16(22)23,29(26,27)13-9-7-12(28-2)8-10-13)21-17(24)14-5-3-4-6-15(14)18(21)25/h3-10,20H,11H2,1-2H3,(H,22,23). The van der Waals surface area contributed by atoms with Crippen molar-refractivity contribution in [3.05, 3.63) is 59.7 Å². The van der Waals surface area contributed by atoms with E-state index in [1.165, 1.54) is 43.5 Å². The van der Waals surface area contributed by atoms with Crippen LogP contribution in [-0.2, 0) is 14.6 Å². The number of rotatable bonds is 7. The fourth-order valence-corrected chi connectivity index (χ4v) is 4.72. The second-order valence-corrected chi connectivity index (χ2v) is 8.67. The van der Waals surface area contributed by atoms with E-state index in [1.807, 2.05) is 0 Å². The zero-order chi connectivity index (χ0) is 21.4. The van der Waals surface area contributed by atoms with Crippen LogP contribution in [0, 0.1) is 0 Å². The molecule has 10 heteroatoms. The number of hydrogen-bond acceptors (Lipinski definition) is 7. The number of ether oxygens (including phenoxy) is 1. The van der Waals surface area contributed by atoms with Crippen LogP contribution in [0.2, 0.25) is 0 Å². The first-order valence-electron chi connectivity index (χ1n) is 8.47. The van der Waals surface area contributed by atoms with Crippen LogP contribution in [0.25, 0.3) is 0 Å². The lowest BCUT2D eigenvalue weighted by Gasteiger charge is -2.37. The number of sulfone groups is 1. The number of carboxylic acids is 1. The van der Waals surface area contributed by atoms with Gasteiger partial charge in [-0.05, 0) is 43.3 Å². The Labute approximate surface area is 166 Å². The first-order valence-corrected chi connectivity index (χ1v) is 9.95. The number of carboxylic acid groups (broad SMARTS) is 1. The van der Waals surface area contributed by atoms with Crippen molar-refractivity contribution in [3.63, 3.8) is 0 Å². The Hall–Kier alpha value is -3.24. The summed E-state index contributed by atoms with van der Waals surface area (Å²) in [5, 5.41) is 11.4. The van der Waals surface area contributed by atoms with E-state index in [4.69, 9.17) is 9.84 Å². The second-order valence-electron chi connectivity index (χ2n) is 6.40. The van der Waals surface area contributed by atoms with E-state index in [2.05, 4.69) is 5.32 Å². The van der Waals surface area contributed by atoms with E-state index in [1.54, 1.807) is 12.1 Å². The first-order chi connectivity index (χ1) is 13.6. The summed E-state index contributed by atoms with van der Waals surface area (Å²) in [5.41, 5.74) is 0.0940. The predicted molar refractivity (Wildman–Crippen MR) is 101 cm³/mol. The van der Waals surface area contributed by atoms with Crippen molar-refractivity contribution in [2.75, 3.05) is 13.7 Å². The smallest absolute Gasteiger partial charge is 0.317 e. The molecular formula is C19H18N2O7S. The third-order valence-electron chi connectivity index (χ3n) is 4.68. The van der Waals surface area contributed by atoms with Crippen molar-refractivity contribution in [3.8, 4) is 5.75 Å². The molecule has 3 rings (SSSR count). The maximum absolute atomic E-state index is 13.5. The number of hydrogen-bond donors (Lipinski definition) is 2. The van der Waals surface area contributed by atoms with Crippen molar-refractivity contribution in [2.45, 2.75) is 16.8 Å². The number of aliphatic carboxylic acids is 1. The molecule has 2 amide bonds. The van der Waals surface area contributed by atoms with E-state index >= 15 is 0 Å². The lowest BCUT2D eigenvalue weighted by atomic mass is 10.1. The molecule has 0 aliphatic carbocycles. The summed E-state index contributed by atoms with van der Waals surface area (Å²) in [6.45, 7) is 0.302. The van der Waals surface area contributed by atoms with Crippen LogP contribution >= 0.6 is 0 Å². The highest BCUT2D eigenvalue weighted by atomic mass is 32.2. The van der Waals surface area contributed by atoms with Gasteiger partial charge in [0.15, 0.2) is 0 Å². The van der Waals surface area contributed by atoms with Crippen LogP contribution in [0.3, 0.4) is 0 Å². The third kappa shape index (κ3) is 3.26. The molecule has 0 aromatic heterocycles. The van der Waals surface area contributed by atoms with Crippen LogP contribution in [0.15, 0.2) is 53.4 Å². The van der Waals surface area contributed by atoms with Crippen molar-refractivity contribution in [2.24, 2.45) is 0 Å². The number of imide groups is 1. The molecule has 0 fully saturated rings. The molecule has 1 aliphatic rings. The fourth-order valence-electron chi connectivity index (χ4n) is 3.10. The highest BCUT2D eigenvalue weighted by molar-refractivity contribution is 7.92. The Morgan fingerprint density at radius 2 is 1.59 bits per heavy atom. The fraction of sp³-hybridized carbons (Fsp3) is 0.211. The summed E-state index contributed by atoms with van der Waals surface area (Å²) >= 11 is 0. The molecule has 0 radical (unpaired) electrons. The Morgan fingerprint density at radius 3 is 2.03 bits per heavy atom. The molecule has 1 unspecified atom stereocenters. The van der Waals surface area contributed by atoms with Gasteiger partial charge in [0.2, 0.25) is 14.8 Å². The van der Waals surface area contributed by atoms with Gasteiger partial charge in [0.05, 0.1) is 29.7 Å². The number of fused-ring (bicyclic) bond motifs is 1. The molecule has 0 spiro atoms. The second kappa shape index (κ2) is 7.30. The lowest BCUT2D eigenvalue weighted by Crippen LogP contribution is -2.64. The summed E-state index contributed by atoms with van der Waals surface area (Å²) in [6, 6.07) is 11.3. The van der Waals surface area contributed by atoms with Crippen LogP contribution in [0.1, 0.15) is 27.6 Å². The highest BCUT2D eigenvalue weighted by Crippen LogP contribution is 2.35. The monoisotopic (exact) mass is 418 g/mol. The quantitative estimate of drug-likeness (QED) is 0.640. The van der Waals surface area contributed by atoms with Gasteiger partial charge in [0.1, 0.15) is 5.75 Å². The summed E-state index contributed by atoms with van der Waals surface area (Å²) in [6.07, 6.45) is 0. The SMILES string of the molecule is COc1ccc(S(=O)(=O)C(C)(NCC(=O)O)N2C(=O)c3ccccc3C2=O)cc1. The Kier molecular flexibility index (Phi) is 5.16. The summed E-state index contributed by atoms with van der Waals surface area (Å²) in [4.78, 5) is 35.0. The number of carbonyl (C=O) groups is 3. The molecule has 1 heterocycles. The van der Waals surface area contributed by atoms with Crippen LogP contribution in [0.5, 0.6) is 5.75 Å². The number of benzene rings is 2. The zero-order valence-corrected chi connectivity index (χ0v) is 16.4. The van der Waals surface area contributed by atoms with Gasteiger partial charge in [0.25, 0.3) is 11.8 Å². The number of nitrogens with zero attached hydrogens (tertiary/aromatic N) is 1. The molecule has 1 aliphatic heterocycles. The highest BCUT2D eigenvalue weighted by Gasteiger charge is 2.54. The number of methoxy groups -OCH3 is 1. The van der Waals surface area contributed by atoms with Gasteiger partial charge < -0.3 is 9.84 Å². The summed E-state index contributed by atoms with van der Waals surface area (Å²) in [5.74, 6) is -2.60. The minimum Gasteiger partial charge on any atom is -0.497 e. The molecule has 0 saturated heterocycles. The maximum Gasteiger partial charge on any atom is 0.317 e. The molecule has 152 valence electrons. The Balaban J connectivity index is 2.14. The minimum absolute atomic E-state index is 0.0470. The van der Waals surface area contributed by atoms with Gasteiger partial charge in [-0.3, -0.25) is 19.7 Å². The number of carbonyl (C=O) groups excluding carboxylic acids is 2. The molecule has 0 saturated carbocycles.